The van der Waals surface area contributed by atoms with E-state index in [2.05, 4.69) is 15.8 Å². The lowest BCUT2D eigenvalue weighted by atomic mass is 10.2. The molecule has 0 spiro atoms. The molecule has 2 aromatic carbocycles. The number of phenols is 1. The van der Waals surface area contributed by atoms with Crippen LogP contribution >= 0.6 is 0 Å². The topological polar surface area (TPSA) is 126 Å². The highest BCUT2D eigenvalue weighted by molar-refractivity contribution is 5.86. The number of methoxy groups -OCH3 is 1. The summed E-state index contributed by atoms with van der Waals surface area (Å²) in [6.45, 7) is -0.0232. The summed E-state index contributed by atoms with van der Waals surface area (Å²) in [6.07, 6.45) is 1.13. The Hall–Kier alpha value is -3.62. The van der Waals surface area contributed by atoms with Gasteiger partial charge in [0.25, 0.3) is 11.6 Å². The third-order valence-corrected chi connectivity index (χ3v) is 3.16. The molecule has 0 saturated carbocycles. The number of benzene rings is 2. The van der Waals surface area contributed by atoms with Gasteiger partial charge in [-0.25, -0.2) is 5.43 Å². The third-order valence-electron chi connectivity index (χ3n) is 3.16. The molecule has 2 aromatic rings. The number of hydrogen-bond donors (Lipinski definition) is 3. The minimum atomic E-state index is -0.589. The average Bonchev–Trinajstić information content (AvgIpc) is 2.61. The second-order valence-corrected chi connectivity index (χ2v) is 4.88. The fraction of sp³-hybridized carbons (Fsp3) is 0.125. The first kappa shape index (κ1) is 17.7. The summed E-state index contributed by atoms with van der Waals surface area (Å²) in [7, 11) is 1.56. The molecule has 25 heavy (non-hydrogen) atoms. The second-order valence-electron chi connectivity index (χ2n) is 4.88. The molecule has 0 atom stereocenters. The monoisotopic (exact) mass is 344 g/mol. The molecule has 9 nitrogen and oxygen atoms in total. The maximum Gasteiger partial charge on any atom is 0.270 e. The van der Waals surface area contributed by atoms with E-state index in [4.69, 9.17) is 4.74 Å². The van der Waals surface area contributed by atoms with E-state index in [0.29, 0.717) is 5.75 Å². The lowest BCUT2D eigenvalue weighted by molar-refractivity contribution is -0.384. The van der Waals surface area contributed by atoms with E-state index in [0.717, 1.165) is 18.0 Å². The molecule has 0 aliphatic heterocycles. The number of amides is 1. The zero-order valence-corrected chi connectivity index (χ0v) is 13.3. The molecule has 3 N–H and O–H groups in total. The lowest BCUT2D eigenvalue weighted by Gasteiger charge is -2.06. The molecular weight excluding hydrogens is 328 g/mol. The number of hydrazone groups is 1. The number of nitro groups is 1. The van der Waals surface area contributed by atoms with Crippen molar-refractivity contribution in [2.24, 2.45) is 5.10 Å². The highest BCUT2D eigenvalue weighted by atomic mass is 16.6. The van der Waals surface area contributed by atoms with E-state index in [9.17, 15) is 20.0 Å². The van der Waals surface area contributed by atoms with Crippen LogP contribution in [0.3, 0.4) is 0 Å². The summed E-state index contributed by atoms with van der Waals surface area (Å²) in [5.74, 6) is 0.105. The fourth-order valence-corrected chi connectivity index (χ4v) is 1.86. The Bertz CT molecular complexity index is 790. The molecule has 0 heterocycles. The van der Waals surface area contributed by atoms with Crippen LogP contribution in [0.4, 0.5) is 11.4 Å². The Kier molecular flexibility index (Phi) is 5.88. The van der Waals surface area contributed by atoms with E-state index in [1.807, 2.05) is 0 Å². The SMILES string of the molecule is COc1ccc(NCC(=O)N/N=C/c2cc([N+](=O)[O-])ccc2O)cc1. The number of hydrogen-bond acceptors (Lipinski definition) is 7. The summed E-state index contributed by atoms with van der Waals surface area (Å²) in [5.41, 5.74) is 2.93. The molecule has 0 saturated heterocycles. The normalized spacial score (nSPS) is 10.4. The van der Waals surface area contributed by atoms with Gasteiger partial charge in [0.1, 0.15) is 11.5 Å². The van der Waals surface area contributed by atoms with Crippen LogP contribution in [0.2, 0.25) is 0 Å². The predicted molar refractivity (Wildman–Crippen MR) is 92.0 cm³/mol. The van der Waals surface area contributed by atoms with Gasteiger partial charge in [-0.05, 0) is 30.3 Å². The first-order valence-corrected chi connectivity index (χ1v) is 7.17. The number of phenolic OH excluding ortho intramolecular Hbond substituents is 1. The minimum Gasteiger partial charge on any atom is -0.507 e. The smallest absolute Gasteiger partial charge is 0.270 e. The Balaban J connectivity index is 1.87. The van der Waals surface area contributed by atoms with Gasteiger partial charge in [0.05, 0.1) is 24.8 Å². The maximum atomic E-state index is 11.7. The van der Waals surface area contributed by atoms with Crippen molar-refractivity contribution in [3.05, 3.63) is 58.1 Å². The Morgan fingerprint density at radius 2 is 2.04 bits per heavy atom. The number of carbonyl (C=O) groups is 1. The number of non-ortho nitro benzene ring substituents is 1. The van der Waals surface area contributed by atoms with Gasteiger partial charge < -0.3 is 15.2 Å². The molecule has 130 valence electrons. The third kappa shape index (κ3) is 5.20. The molecule has 9 heteroatoms. The Labute approximate surface area is 143 Å². The minimum absolute atomic E-state index is 0.0232. The molecule has 0 unspecified atom stereocenters. The highest BCUT2D eigenvalue weighted by Gasteiger charge is 2.08. The molecule has 0 radical (unpaired) electrons. The standard InChI is InChI=1S/C16H16N4O5/c1-25-14-5-2-12(3-6-14)17-10-16(22)19-18-9-11-8-13(20(23)24)4-7-15(11)21/h2-9,17,21H,10H2,1H3,(H,19,22)/b18-9+. The van der Waals surface area contributed by atoms with Crippen LogP contribution in [0.1, 0.15) is 5.56 Å². The number of rotatable bonds is 7. The van der Waals surface area contributed by atoms with Crippen LogP contribution in [0.25, 0.3) is 0 Å². The van der Waals surface area contributed by atoms with E-state index >= 15 is 0 Å². The first-order chi connectivity index (χ1) is 12.0. The number of anilines is 1. The molecule has 0 aliphatic carbocycles. The van der Waals surface area contributed by atoms with Crippen molar-refractivity contribution in [1.29, 1.82) is 0 Å². The number of nitrogens with zero attached hydrogens (tertiary/aromatic N) is 2. The highest BCUT2D eigenvalue weighted by Crippen LogP contribution is 2.21. The van der Waals surface area contributed by atoms with Gasteiger partial charge in [0, 0.05) is 23.4 Å². The summed E-state index contributed by atoms with van der Waals surface area (Å²) in [5, 5.41) is 26.9. The van der Waals surface area contributed by atoms with Gasteiger partial charge in [-0.15, -0.1) is 0 Å². The number of carbonyl (C=O) groups excluding carboxylic acids is 1. The van der Waals surface area contributed by atoms with Gasteiger partial charge in [-0.2, -0.15) is 5.10 Å². The van der Waals surface area contributed by atoms with Gasteiger partial charge in [-0.1, -0.05) is 0 Å². The Morgan fingerprint density at radius 3 is 2.68 bits per heavy atom. The van der Waals surface area contributed by atoms with Crippen LogP contribution in [-0.2, 0) is 4.79 Å². The summed E-state index contributed by atoms with van der Waals surface area (Å²) < 4.78 is 5.03. The summed E-state index contributed by atoms with van der Waals surface area (Å²) in [4.78, 5) is 21.8. The number of nitrogens with one attached hydrogen (secondary N) is 2. The van der Waals surface area contributed by atoms with Crippen molar-refractivity contribution in [1.82, 2.24) is 5.43 Å². The molecule has 0 aromatic heterocycles. The summed E-state index contributed by atoms with van der Waals surface area (Å²) >= 11 is 0. The van der Waals surface area contributed by atoms with Crippen LogP contribution < -0.4 is 15.5 Å². The summed E-state index contributed by atoms with van der Waals surface area (Å²) in [6, 6.07) is 10.5. The zero-order valence-electron chi connectivity index (χ0n) is 13.3. The van der Waals surface area contributed by atoms with Crippen LogP contribution in [0, 0.1) is 10.1 Å². The van der Waals surface area contributed by atoms with Crippen molar-refractivity contribution in [2.45, 2.75) is 0 Å². The van der Waals surface area contributed by atoms with Gasteiger partial charge >= 0.3 is 0 Å². The van der Waals surface area contributed by atoms with E-state index < -0.39 is 10.8 Å². The van der Waals surface area contributed by atoms with Crippen LogP contribution in [0.5, 0.6) is 11.5 Å². The number of nitro benzene ring substituents is 1. The molecular formula is C16H16N4O5. The second kappa shape index (κ2) is 8.29. The molecule has 1 amide bonds. The average molecular weight is 344 g/mol. The molecule has 0 aliphatic rings. The molecule has 0 fully saturated rings. The lowest BCUT2D eigenvalue weighted by Crippen LogP contribution is -2.25. The zero-order chi connectivity index (χ0) is 18.2. The maximum absolute atomic E-state index is 11.7. The number of aromatic hydroxyl groups is 1. The van der Waals surface area contributed by atoms with E-state index in [1.165, 1.54) is 12.1 Å². The molecule has 0 bridgehead atoms. The fourth-order valence-electron chi connectivity index (χ4n) is 1.86. The predicted octanol–water partition coefficient (Wildman–Crippen LogP) is 1.87. The van der Waals surface area contributed by atoms with Crippen molar-refractivity contribution >= 4 is 23.5 Å². The van der Waals surface area contributed by atoms with Crippen molar-refractivity contribution < 1.29 is 19.6 Å². The first-order valence-electron chi connectivity index (χ1n) is 7.17. The van der Waals surface area contributed by atoms with Gasteiger partial charge in [-0.3, -0.25) is 14.9 Å². The van der Waals surface area contributed by atoms with Crippen LogP contribution in [-0.4, -0.2) is 35.8 Å². The Morgan fingerprint density at radius 1 is 1.32 bits per heavy atom. The van der Waals surface area contributed by atoms with Crippen molar-refractivity contribution in [2.75, 3.05) is 19.0 Å². The molecule has 2 rings (SSSR count). The number of ether oxygens (including phenoxy) is 1. The van der Waals surface area contributed by atoms with Gasteiger partial charge in [0.15, 0.2) is 0 Å². The quantitative estimate of drug-likeness (QED) is 0.400. The van der Waals surface area contributed by atoms with Crippen molar-refractivity contribution in [3.63, 3.8) is 0 Å². The van der Waals surface area contributed by atoms with E-state index in [1.54, 1.807) is 31.4 Å². The largest absolute Gasteiger partial charge is 0.507 e. The van der Waals surface area contributed by atoms with Gasteiger partial charge in [0.2, 0.25) is 0 Å². The van der Waals surface area contributed by atoms with Crippen molar-refractivity contribution in [3.8, 4) is 11.5 Å². The van der Waals surface area contributed by atoms with Crippen LogP contribution in [0.15, 0.2) is 47.6 Å². The van der Waals surface area contributed by atoms with E-state index in [-0.39, 0.29) is 23.5 Å².